The largest absolute Gasteiger partial charge is 0.497 e. The first-order valence-corrected chi connectivity index (χ1v) is 14.4. The van der Waals surface area contributed by atoms with Gasteiger partial charge in [0, 0.05) is 29.7 Å². The van der Waals surface area contributed by atoms with Crippen molar-refractivity contribution in [2.24, 2.45) is 0 Å². The second-order valence-electron chi connectivity index (χ2n) is 9.13. The number of halogens is 1. The van der Waals surface area contributed by atoms with E-state index in [1.165, 1.54) is 55.3 Å². The number of carbonyl (C=O) groups is 2. The molecular weight excluding hydrogens is 572 g/mol. The van der Waals surface area contributed by atoms with Gasteiger partial charge in [-0.05, 0) is 68.8 Å². The number of rotatable bonds is 12. The molecule has 0 saturated heterocycles. The first-order valence-electron chi connectivity index (χ1n) is 12.6. The highest BCUT2D eigenvalue weighted by atomic mass is 35.5. The van der Waals surface area contributed by atoms with Gasteiger partial charge < -0.3 is 15.0 Å². The topological polar surface area (TPSA) is 139 Å². The molecule has 3 aromatic rings. The number of aryl methyl sites for hydroxylation is 1. The summed E-state index contributed by atoms with van der Waals surface area (Å²) in [6.45, 7) is 4.44. The van der Waals surface area contributed by atoms with E-state index in [-0.39, 0.29) is 28.4 Å². The Morgan fingerprint density at radius 2 is 1.71 bits per heavy atom. The van der Waals surface area contributed by atoms with Crippen LogP contribution in [0.1, 0.15) is 25.0 Å². The third-order valence-corrected chi connectivity index (χ3v) is 8.41. The smallest absolute Gasteiger partial charge is 0.273 e. The fraction of sp³-hybridized carbons (Fsp3) is 0.286. The summed E-state index contributed by atoms with van der Waals surface area (Å²) in [6.07, 6.45) is 0. The molecule has 0 aromatic heterocycles. The number of sulfonamides is 1. The number of ether oxygens (including phenoxy) is 1. The molecule has 218 valence electrons. The molecule has 0 aliphatic heterocycles. The number of nitrogens with one attached hydrogen (secondary N) is 1. The summed E-state index contributed by atoms with van der Waals surface area (Å²) < 4.78 is 33.9. The minimum atomic E-state index is -4.49. The van der Waals surface area contributed by atoms with E-state index in [4.69, 9.17) is 16.3 Å². The van der Waals surface area contributed by atoms with Gasteiger partial charge >= 0.3 is 0 Å². The van der Waals surface area contributed by atoms with Crippen molar-refractivity contribution in [1.82, 2.24) is 10.2 Å². The number of likely N-dealkylation sites (N-methyl/N-ethyl adjacent to an activating group) is 1. The number of nitro benzene ring substituents is 1. The zero-order chi connectivity index (χ0) is 30.3. The van der Waals surface area contributed by atoms with E-state index >= 15 is 0 Å². The molecule has 0 aliphatic carbocycles. The summed E-state index contributed by atoms with van der Waals surface area (Å²) in [5.41, 5.74) is 0.707. The van der Waals surface area contributed by atoms with Crippen LogP contribution in [0.5, 0.6) is 5.75 Å². The predicted octanol–water partition coefficient (Wildman–Crippen LogP) is 4.31. The first-order chi connectivity index (χ1) is 19.4. The molecule has 0 radical (unpaired) electrons. The van der Waals surface area contributed by atoms with Crippen LogP contribution in [0.2, 0.25) is 5.02 Å². The third kappa shape index (κ3) is 7.53. The number of hydrogen-bond donors (Lipinski definition) is 1. The lowest BCUT2D eigenvalue weighted by Crippen LogP contribution is -2.51. The molecule has 2 amide bonds. The number of nitro groups is 1. The Labute approximate surface area is 243 Å². The summed E-state index contributed by atoms with van der Waals surface area (Å²) >= 11 is 6.00. The molecule has 0 heterocycles. The van der Waals surface area contributed by atoms with Crippen molar-refractivity contribution in [3.8, 4) is 5.75 Å². The minimum Gasteiger partial charge on any atom is -0.497 e. The van der Waals surface area contributed by atoms with Gasteiger partial charge in [-0.3, -0.25) is 24.0 Å². The van der Waals surface area contributed by atoms with Crippen LogP contribution in [0, 0.1) is 17.0 Å². The fourth-order valence-electron chi connectivity index (χ4n) is 4.04. The van der Waals surface area contributed by atoms with Crippen molar-refractivity contribution in [2.75, 3.05) is 24.5 Å². The molecule has 0 aliphatic rings. The Morgan fingerprint density at radius 3 is 2.27 bits per heavy atom. The van der Waals surface area contributed by atoms with Crippen LogP contribution in [0.25, 0.3) is 0 Å². The summed E-state index contributed by atoms with van der Waals surface area (Å²) in [5, 5.41) is 14.7. The van der Waals surface area contributed by atoms with E-state index in [2.05, 4.69) is 5.32 Å². The van der Waals surface area contributed by atoms with Crippen LogP contribution in [0.4, 0.5) is 11.4 Å². The van der Waals surface area contributed by atoms with Gasteiger partial charge in [-0.25, -0.2) is 8.42 Å². The van der Waals surface area contributed by atoms with Crippen molar-refractivity contribution in [3.05, 3.63) is 93.0 Å². The normalized spacial score (nSPS) is 11.8. The average molecular weight is 603 g/mol. The van der Waals surface area contributed by atoms with Crippen LogP contribution in [0.3, 0.4) is 0 Å². The maximum Gasteiger partial charge on any atom is 0.273 e. The van der Waals surface area contributed by atoms with Gasteiger partial charge in [0.15, 0.2) is 0 Å². The highest BCUT2D eigenvalue weighted by Crippen LogP contribution is 2.29. The van der Waals surface area contributed by atoms with Crippen molar-refractivity contribution in [3.63, 3.8) is 0 Å². The monoisotopic (exact) mass is 602 g/mol. The zero-order valence-corrected chi connectivity index (χ0v) is 24.6. The highest BCUT2D eigenvalue weighted by molar-refractivity contribution is 7.92. The standard InChI is InChI=1S/C28H31ClN4O7S/c1-5-30-28(35)20(3)31(17-21-7-9-22(29)10-8-21)27(34)18-32(23-11-13-24(40-4)14-12-23)41(38,39)25-15-6-19(2)26(16-25)33(36)37/h6-16,20H,5,17-18H2,1-4H3,(H,30,35)/t20-/m1/s1. The van der Waals surface area contributed by atoms with Crippen molar-refractivity contribution < 1.29 is 27.7 Å². The number of hydrogen-bond acceptors (Lipinski definition) is 7. The lowest BCUT2D eigenvalue weighted by molar-refractivity contribution is -0.385. The lowest BCUT2D eigenvalue weighted by Gasteiger charge is -2.32. The molecule has 13 heteroatoms. The molecule has 0 fully saturated rings. The van der Waals surface area contributed by atoms with Crippen LogP contribution in [-0.2, 0) is 26.2 Å². The van der Waals surface area contributed by atoms with Crippen LogP contribution in [-0.4, -0.2) is 56.3 Å². The molecule has 3 rings (SSSR count). The van der Waals surface area contributed by atoms with Crippen molar-refractivity contribution in [1.29, 1.82) is 0 Å². The van der Waals surface area contributed by atoms with Crippen LogP contribution >= 0.6 is 11.6 Å². The maximum absolute atomic E-state index is 13.9. The second kappa shape index (κ2) is 13.5. The third-order valence-electron chi connectivity index (χ3n) is 6.39. The quantitative estimate of drug-likeness (QED) is 0.241. The van der Waals surface area contributed by atoms with E-state index in [9.17, 15) is 28.1 Å². The zero-order valence-electron chi connectivity index (χ0n) is 23.0. The number of methoxy groups -OCH3 is 1. The van der Waals surface area contributed by atoms with Gasteiger partial charge in [0.2, 0.25) is 11.8 Å². The van der Waals surface area contributed by atoms with E-state index in [1.54, 1.807) is 38.1 Å². The Kier molecular flexibility index (Phi) is 10.3. The molecule has 0 unspecified atom stereocenters. The summed E-state index contributed by atoms with van der Waals surface area (Å²) in [4.78, 5) is 38.4. The highest BCUT2D eigenvalue weighted by Gasteiger charge is 2.33. The molecule has 11 nitrogen and oxygen atoms in total. The Morgan fingerprint density at radius 1 is 1.07 bits per heavy atom. The number of benzene rings is 3. The molecule has 1 N–H and O–H groups in total. The SMILES string of the molecule is CCNC(=O)[C@@H](C)N(Cc1ccc(Cl)cc1)C(=O)CN(c1ccc(OC)cc1)S(=O)(=O)c1ccc(C)c([N+](=O)[O-])c1. The van der Waals surface area contributed by atoms with Gasteiger partial charge in [-0.15, -0.1) is 0 Å². The summed E-state index contributed by atoms with van der Waals surface area (Å²) in [6, 6.07) is 15.3. The molecule has 0 saturated carbocycles. The van der Waals surface area contributed by atoms with Gasteiger partial charge in [0.1, 0.15) is 18.3 Å². The first kappa shape index (κ1) is 31.4. The van der Waals surface area contributed by atoms with Crippen molar-refractivity contribution in [2.45, 2.75) is 38.3 Å². The lowest BCUT2D eigenvalue weighted by atomic mass is 10.1. The predicted molar refractivity (Wildman–Crippen MR) is 156 cm³/mol. The van der Waals surface area contributed by atoms with Crippen LogP contribution < -0.4 is 14.4 Å². The van der Waals surface area contributed by atoms with Gasteiger partial charge in [0.25, 0.3) is 15.7 Å². The van der Waals surface area contributed by atoms with Gasteiger partial charge in [0.05, 0.1) is 22.6 Å². The van der Waals surface area contributed by atoms with Crippen molar-refractivity contribution >= 4 is 44.8 Å². The molecule has 1 atom stereocenters. The van der Waals surface area contributed by atoms with E-state index in [1.807, 2.05) is 0 Å². The fourth-order valence-corrected chi connectivity index (χ4v) is 5.60. The Bertz CT molecular complexity index is 1510. The summed E-state index contributed by atoms with van der Waals surface area (Å²) in [5.74, 6) is -0.625. The van der Waals surface area contributed by atoms with E-state index < -0.39 is 39.3 Å². The maximum atomic E-state index is 13.9. The number of nitrogens with zero attached hydrogens (tertiary/aromatic N) is 3. The molecular formula is C28H31ClN4O7S. The molecule has 41 heavy (non-hydrogen) atoms. The number of anilines is 1. The van der Waals surface area contributed by atoms with Gasteiger partial charge in [-0.2, -0.15) is 0 Å². The number of carbonyl (C=O) groups excluding carboxylic acids is 2. The van der Waals surface area contributed by atoms with E-state index in [0.29, 0.717) is 22.9 Å². The number of amides is 2. The second-order valence-corrected chi connectivity index (χ2v) is 11.4. The molecule has 0 spiro atoms. The molecule has 0 bridgehead atoms. The minimum absolute atomic E-state index is 0.000800. The van der Waals surface area contributed by atoms with Crippen LogP contribution in [0.15, 0.2) is 71.6 Å². The van der Waals surface area contributed by atoms with E-state index in [0.717, 1.165) is 10.4 Å². The average Bonchev–Trinajstić information content (AvgIpc) is 2.95. The summed E-state index contributed by atoms with van der Waals surface area (Å²) in [7, 11) is -3.03. The Hall–Kier alpha value is -4.16. The molecule has 3 aromatic carbocycles. The Balaban J connectivity index is 2.08. The van der Waals surface area contributed by atoms with Gasteiger partial charge in [-0.1, -0.05) is 29.8 Å².